The Hall–Kier alpha value is -1.05. The first-order valence-corrected chi connectivity index (χ1v) is 5.14. The Kier molecular flexibility index (Phi) is 2.94. The second-order valence-corrected chi connectivity index (χ2v) is 3.93. The lowest BCUT2D eigenvalue weighted by Crippen LogP contribution is -1.84. The highest BCUT2D eigenvalue weighted by Crippen LogP contribution is 2.31. The number of rotatable bonds is 1. The predicted octanol–water partition coefficient (Wildman–Crippen LogP) is 4.80. The molecule has 0 heterocycles. The summed E-state index contributed by atoms with van der Waals surface area (Å²) in [5.74, 6) is -0.365. The van der Waals surface area contributed by atoms with Gasteiger partial charge in [0.15, 0.2) is 0 Å². The van der Waals surface area contributed by atoms with E-state index in [1.165, 1.54) is 12.1 Å². The van der Waals surface area contributed by atoms with Crippen LogP contribution in [0.25, 0.3) is 11.1 Å². The second-order valence-electron chi connectivity index (χ2n) is 3.11. The molecule has 2 aromatic carbocycles. The zero-order chi connectivity index (χ0) is 10.8. The van der Waals surface area contributed by atoms with E-state index in [2.05, 4.69) is 0 Å². The van der Waals surface area contributed by atoms with Crippen LogP contribution in [0.4, 0.5) is 4.39 Å². The molecule has 15 heavy (non-hydrogen) atoms. The number of hydrogen-bond acceptors (Lipinski definition) is 0. The average Bonchev–Trinajstić information content (AvgIpc) is 2.25. The summed E-state index contributed by atoms with van der Waals surface area (Å²) in [6.07, 6.45) is 0. The van der Waals surface area contributed by atoms with Crippen molar-refractivity contribution >= 4 is 23.2 Å². The van der Waals surface area contributed by atoms with Gasteiger partial charge >= 0.3 is 0 Å². The Morgan fingerprint density at radius 1 is 0.867 bits per heavy atom. The highest BCUT2D eigenvalue weighted by Gasteiger charge is 2.08. The Balaban J connectivity index is 2.59. The van der Waals surface area contributed by atoms with Gasteiger partial charge in [0.05, 0.1) is 10.0 Å². The van der Waals surface area contributed by atoms with E-state index in [0.717, 1.165) is 5.56 Å². The summed E-state index contributed by atoms with van der Waals surface area (Å²) in [5.41, 5.74) is 1.25. The molecule has 0 nitrogen and oxygen atoms in total. The van der Waals surface area contributed by atoms with Gasteiger partial charge in [0.25, 0.3) is 0 Å². The maximum atomic E-state index is 13.6. The van der Waals surface area contributed by atoms with Crippen LogP contribution in [-0.4, -0.2) is 0 Å². The lowest BCUT2D eigenvalue weighted by Gasteiger charge is -2.05. The van der Waals surface area contributed by atoms with E-state index in [0.29, 0.717) is 10.6 Å². The van der Waals surface area contributed by atoms with Gasteiger partial charge in [-0.2, -0.15) is 0 Å². The minimum atomic E-state index is -0.365. The highest BCUT2D eigenvalue weighted by atomic mass is 35.5. The zero-order valence-corrected chi connectivity index (χ0v) is 9.19. The number of benzene rings is 2. The molecule has 0 unspecified atom stereocenters. The van der Waals surface area contributed by atoms with Gasteiger partial charge < -0.3 is 0 Å². The third kappa shape index (κ3) is 2.14. The molecule has 0 bridgehead atoms. The molecule has 0 fully saturated rings. The van der Waals surface area contributed by atoms with Gasteiger partial charge in [-0.3, -0.25) is 0 Å². The fraction of sp³-hybridized carbons (Fsp3) is 0. The molecular weight excluding hydrogens is 234 g/mol. The molecule has 0 spiro atoms. The molecule has 0 radical (unpaired) electrons. The Morgan fingerprint density at radius 2 is 1.47 bits per heavy atom. The summed E-state index contributed by atoms with van der Waals surface area (Å²) in [6.45, 7) is 0. The van der Waals surface area contributed by atoms with Gasteiger partial charge in [0.1, 0.15) is 5.82 Å². The van der Waals surface area contributed by atoms with E-state index in [4.69, 9.17) is 23.2 Å². The van der Waals surface area contributed by atoms with Gasteiger partial charge in [-0.05, 0) is 17.7 Å². The summed E-state index contributed by atoms with van der Waals surface area (Å²) < 4.78 is 13.6. The topological polar surface area (TPSA) is 0 Å². The van der Waals surface area contributed by atoms with Crippen LogP contribution in [0.5, 0.6) is 0 Å². The van der Waals surface area contributed by atoms with Crippen LogP contribution < -0.4 is 0 Å². The van der Waals surface area contributed by atoms with E-state index in [9.17, 15) is 4.39 Å². The minimum absolute atomic E-state index is 0.230. The summed E-state index contributed by atoms with van der Waals surface area (Å²) in [4.78, 5) is 0. The Labute approximate surface area is 97.3 Å². The average molecular weight is 241 g/mol. The van der Waals surface area contributed by atoms with E-state index < -0.39 is 0 Å². The van der Waals surface area contributed by atoms with Crippen molar-refractivity contribution < 1.29 is 4.39 Å². The van der Waals surface area contributed by atoms with Crippen molar-refractivity contribution in [3.05, 3.63) is 58.3 Å². The lowest BCUT2D eigenvalue weighted by molar-refractivity contribution is 0.631. The van der Waals surface area contributed by atoms with Crippen LogP contribution in [0.15, 0.2) is 42.5 Å². The number of halogens is 3. The van der Waals surface area contributed by atoms with Crippen molar-refractivity contribution in [2.75, 3.05) is 0 Å². The first-order valence-electron chi connectivity index (χ1n) is 4.38. The maximum absolute atomic E-state index is 13.6. The van der Waals surface area contributed by atoms with Crippen molar-refractivity contribution in [3.63, 3.8) is 0 Å². The summed E-state index contributed by atoms with van der Waals surface area (Å²) in [6, 6.07) is 12.0. The molecule has 0 saturated heterocycles. The van der Waals surface area contributed by atoms with Gasteiger partial charge in [-0.1, -0.05) is 53.5 Å². The van der Waals surface area contributed by atoms with Crippen molar-refractivity contribution in [1.82, 2.24) is 0 Å². The normalized spacial score (nSPS) is 10.3. The molecule has 0 N–H and O–H groups in total. The van der Waals surface area contributed by atoms with Crippen LogP contribution >= 0.6 is 23.2 Å². The van der Waals surface area contributed by atoms with E-state index >= 15 is 0 Å². The summed E-state index contributed by atoms with van der Waals surface area (Å²) >= 11 is 11.5. The monoisotopic (exact) mass is 240 g/mol. The minimum Gasteiger partial charge on any atom is -0.206 e. The molecule has 0 aliphatic carbocycles. The molecule has 0 aromatic heterocycles. The molecule has 0 aliphatic heterocycles. The van der Waals surface area contributed by atoms with Gasteiger partial charge in [0.2, 0.25) is 0 Å². The van der Waals surface area contributed by atoms with Crippen molar-refractivity contribution in [2.45, 2.75) is 0 Å². The molecule has 2 rings (SSSR count). The van der Waals surface area contributed by atoms with Gasteiger partial charge in [-0.25, -0.2) is 4.39 Å². The fourth-order valence-corrected chi connectivity index (χ4v) is 1.68. The zero-order valence-electron chi connectivity index (χ0n) is 7.68. The molecule has 3 heteroatoms. The molecule has 0 saturated carbocycles. The first kappa shape index (κ1) is 10.5. The van der Waals surface area contributed by atoms with Crippen molar-refractivity contribution in [1.29, 1.82) is 0 Å². The molecule has 76 valence electrons. The van der Waals surface area contributed by atoms with Crippen molar-refractivity contribution in [3.8, 4) is 11.1 Å². The summed E-state index contributed by atoms with van der Waals surface area (Å²) in [5, 5.41) is 0.589. The van der Waals surface area contributed by atoms with E-state index in [1.807, 2.05) is 30.3 Å². The third-order valence-corrected chi connectivity index (χ3v) is 2.82. The largest absolute Gasteiger partial charge is 0.206 e. The molecular formula is C12H7Cl2F. The van der Waals surface area contributed by atoms with Gasteiger partial charge in [-0.15, -0.1) is 0 Å². The predicted molar refractivity (Wildman–Crippen MR) is 61.9 cm³/mol. The Bertz CT molecular complexity index is 480. The molecule has 2 aromatic rings. The first-order chi connectivity index (χ1) is 7.18. The third-order valence-electron chi connectivity index (χ3n) is 2.09. The van der Waals surface area contributed by atoms with E-state index in [-0.39, 0.29) is 10.8 Å². The van der Waals surface area contributed by atoms with Crippen LogP contribution in [0.3, 0.4) is 0 Å². The molecule has 0 aliphatic rings. The van der Waals surface area contributed by atoms with Crippen LogP contribution in [0.1, 0.15) is 0 Å². The maximum Gasteiger partial charge on any atom is 0.132 e. The van der Waals surface area contributed by atoms with Crippen LogP contribution in [0, 0.1) is 5.82 Å². The molecule has 0 amide bonds. The Morgan fingerprint density at radius 3 is 2.13 bits per heavy atom. The highest BCUT2D eigenvalue weighted by molar-refractivity contribution is 6.42. The lowest BCUT2D eigenvalue weighted by atomic mass is 10.1. The summed E-state index contributed by atoms with van der Waals surface area (Å²) in [7, 11) is 0. The van der Waals surface area contributed by atoms with Gasteiger partial charge in [0, 0.05) is 5.56 Å². The van der Waals surface area contributed by atoms with E-state index in [1.54, 1.807) is 0 Å². The van der Waals surface area contributed by atoms with Crippen LogP contribution in [-0.2, 0) is 0 Å². The standard InChI is InChI=1S/C12H7Cl2F/c13-10-6-9(12(15)7-11(10)14)8-4-2-1-3-5-8/h1-7H. The van der Waals surface area contributed by atoms with Crippen molar-refractivity contribution in [2.24, 2.45) is 0 Å². The quantitative estimate of drug-likeness (QED) is 0.629. The SMILES string of the molecule is Fc1cc(Cl)c(Cl)cc1-c1ccccc1. The van der Waals surface area contributed by atoms with Crippen LogP contribution in [0.2, 0.25) is 10.0 Å². The fourth-order valence-electron chi connectivity index (χ4n) is 1.36. The smallest absolute Gasteiger partial charge is 0.132 e. The number of hydrogen-bond donors (Lipinski definition) is 0. The second kappa shape index (κ2) is 4.21. The molecule has 0 atom stereocenters.